The molecule has 0 saturated heterocycles. The number of hydrogen-bond acceptors (Lipinski definition) is 1. The Hall–Kier alpha value is -5.95. The van der Waals surface area contributed by atoms with Crippen molar-refractivity contribution in [2.75, 3.05) is 0 Å². The lowest BCUT2D eigenvalue weighted by molar-refractivity contribution is 1.17. The number of hydrogen-bond donors (Lipinski definition) is 0. The zero-order chi connectivity index (χ0) is 30.9. The number of benzene rings is 7. The molecule has 1 aromatic heterocycles. The minimum absolute atomic E-state index is 0.645. The van der Waals surface area contributed by atoms with Gasteiger partial charge in [-0.1, -0.05) is 164 Å². The third-order valence-corrected chi connectivity index (χ3v) is 14.0. The summed E-state index contributed by atoms with van der Waals surface area (Å²) in [5.41, 5.74) is 5.85. The van der Waals surface area contributed by atoms with E-state index in [2.05, 4.69) is 180 Å². The van der Waals surface area contributed by atoms with E-state index in [0.29, 0.717) is 5.56 Å². The molecule has 0 aliphatic heterocycles. The van der Waals surface area contributed by atoms with E-state index in [-0.39, 0.29) is 0 Å². The lowest BCUT2D eigenvalue weighted by atomic mass is 10.00. The standard InChI is InChI=1S/C43H30N2Si/c44-31-33-17-15-27-38(43(33)45-41-28-12-10-25-39(41)40-26-11-13-29-42(40)45)32-16-14-24-37(30-32)46(34-18-4-1-5-19-34,35-20-6-2-7-21-35)36-22-8-3-9-23-36/h1-30H. The number of nitrogens with zero attached hydrogens (tertiary/aromatic N) is 2. The first-order valence-corrected chi connectivity index (χ1v) is 17.6. The van der Waals surface area contributed by atoms with Gasteiger partial charge in [0.25, 0.3) is 0 Å². The van der Waals surface area contributed by atoms with Crippen molar-refractivity contribution in [1.29, 1.82) is 5.26 Å². The summed E-state index contributed by atoms with van der Waals surface area (Å²) in [4.78, 5) is 0. The highest BCUT2D eigenvalue weighted by Gasteiger charge is 2.41. The zero-order valence-corrected chi connectivity index (χ0v) is 26.2. The van der Waals surface area contributed by atoms with Crippen LogP contribution < -0.4 is 20.7 Å². The molecule has 8 aromatic rings. The molecule has 216 valence electrons. The molecule has 0 fully saturated rings. The molecule has 7 aromatic carbocycles. The van der Waals surface area contributed by atoms with Crippen LogP contribution >= 0.6 is 0 Å². The summed E-state index contributed by atoms with van der Waals surface area (Å²) in [5.74, 6) is 0. The van der Waals surface area contributed by atoms with Crippen LogP contribution in [0.25, 0.3) is 38.6 Å². The largest absolute Gasteiger partial charge is 0.307 e. The maximum absolute atomic E-state index is 10.5. The van der Waals surface area contributed by atoms with E-state index in [4.69, 9.17) is 0 Å². The second-order valence-electron chi connectivity index (χ2n) is 11.6. The first-order valence-electron chi connectivity index (χ1n) is 15.6. The van der Waals surface area contributed by atoms with Crippen LogP contribution in [-0.4, -0.2) is 12.6 Å². The Labute approximate surface area is 270 Å². The third kappa shape index (κ3) is 4.31. The predicted molar refractivity (Wildman–Crippen MR) is 195 cm³/mol. The third-order valence-electron chi connectivity index (χ3n) is 9.19. The van der Waals surface area contributed by atoms with E-state index in [0.717, 1.165) is 27.8 Å². The highest BCUT2D eigenvalue weighted by molar-refractivity contribution is 7.19. The van der Waals surface area contributed by atoms with E-state index < -0.39 is 8.07 Å². The van der Waals surface area contributed by atoms with Gasteiger partial charge in [-0.2, -0.15) is 5.26 Å². The summed E-state index contributed by atoms with van der Waals surface area (Å²) in [6, 6.07) is 67.6. The van der Waals surface area contributed by atoms with E-state index in [9.17, 15) is 5.26 Å². The molecular weight excluding hydrogens is 573 g/mol. The van der Waals surface area contributed by atoms with Gasteiger partial charge in [-0.3, -0.25) is 0 Å². The maximum atomic E-state index is 10.5. The van der Waals surface area contributed by atoms with E-state index in [1.54, 1.807) is 0 Å². The van der Waals surface area contributed by atoms with Crippen molar-refractivity contribution in [1.82, 2.24) is 4.57 Å². The Kier molecular flexibility index (Phi) is 6.91. The molecule has 0 saturated carbocycles. The van der Waals surface area contributed by atoms with Crippen LogP contribution in [0, 0.1) is 11.3 Å². The Morgan fingerprint density at radius 1 is 0.435 bits per heavy atom. The molecule has 46 heavy (non-hydrogen) atoms. The molecule has 8 rings (SSSR count). The van der Waals surface area contributed by atoms with Gasteiger partial charge >= 0.3 is 0 Å². The summed E-state index contributed by atoms with van der Waals surface area (Å²) >= 11 is 0. The Balaban J connectivity index is 1.45. The smallest absolute Gasteiger partial charge is 0.179 e. The van der Waals surface area contributed by atoms with Crippen LogP contribution in [-0.2, 0) is 0 Å². The molecule has 0 amide bonds. The van der Waals surface area contributed by atoms with Gasteiger partial charge in [0.05, 0.1) is 22.3 Å². The Morgan fingerprint density at radius 3 is 1.41 bits per heavy atom. The molecule has 1 heterocycles. The zero-order valence-electron chi connectivity index (χ0n) is 25.2. The Bertz CT molecular complexity index is 2220. The molecule has 0 aliphatic carbocycles. The first kappa shape index (κ1) is 27.6. The van der Waals surface area contributed by atoms with Crippen LogP contribution in [0.3, 0.4) is 0 Å². The molecule has 0 spiro atoms. The second kappa shape index (κ2) is 11.5. The Morgan fingerprint density at radius 2 is 0.891 bits per heavy atom. The molecule has 0 unspecified atom stereocenters. The first-order chi connectivity index (χ1) is 22.8. The molecule has 2 nitrogen and oxygen atoms in total. The van der Waals surface area contributed by atoms with Crippen molar-refractivity contribution in [2.45, 2.75) is 0 Å². The molecule has 0 aliphatic rings. The van der Waals surface area contributed by atoms with Crippen LogP contribution in [0.1, 0.15) is 5.56 Å². The summed E-state index contributed by atoms with van der Waals surface area (Å²) in [6.45, 7) is 0. The second-order valence-corrected chi connectivity index (χ2v) is 15.4. The van der Waals surface area contributed by atoms with Crippen molar-refractivity contribution in [3.8, 4) is 22.9 Å². The molecular formula is C43H30N2Si. The highest BCUT2D eigenvalue weighted by atomic mass is 28.3. The number of aromatic nitrogens is 1. The normalized spacial score (nSPS) is 11.5. The highest BCUT2D eigenvalue weighted by Crippen LogP contribution is 2.37. The summed E-state index contributed by atoms with van der Waals surface area (Å²) in [5, 5.41) is 18.1. The van der Waals surface area contributed by atoms with Crippen molar-refractivity contribution in [3.63, 3.8) is 0 Å². The SMILES string of the molecule is N#Cc1cccc(-c2cccc([Si](c3ccccc3)(c3ccccc3)c3ccccc3)c2)c1-n1c2ccccc2c2ccccc21. The minimum atomic E-state index is -2.73. The van der Waals surface area contributed by atoms with E-state index in [1.807, 2.05) is 12.1 Å². The average Bonchev–Trinajstić information content (AvgIpc) is 3.47. The van der Waals surface area contributed by atoms with Gasteiger partial charge in [0.2, 0.25) is 0 Å². The van der Waals surface area contributed by atoms with Gasteiger partial charge in [0.1, 0.15) is 6.07 Å². The predicted octanol–water partition coefficient (Wildman–Crippen LogP) is 7.70. The van der Waals surface area contributed by atoms with E-state index in [1.165, 1.54) is 31.5 Å². The number of rotatable bonds is 6. The van der Waals surface area contributed by atoms with Crippen molar-refractivity contribution < 1.29 is 0 Å². The van der Waals surface area contributed by atoms with Gasteiger partial charge in [0, 0.05) is 16.3 Å². The van der Waals surface area contributed by atoms with Gasteiger partial charge < -0.3 is 4.57 Å². The van der Waals surface area contributed by atoms with Crippen molar-refractivity contribution in [2.24, 2.45) is 0 Å². The van der Waals surface area contributed by atoms with Crippen LogP contribution in [0.4, 0.5) is 0 Å². The number of fused-ring (bicyclic) bond motifs is 3. The van der Waals surface area contributed by atoms with Crippen LogP contribution in [0.5, 0.6) is 0 Å². The minimum Gasteiger partial charge on any atom is -0.307 e. The fourth-order valence-corrected chi connectivity index (χ4v) is 12.1. The van der Waals surface area contributed by atoms with Crippen LogP contribution in [0.15, 0.2) is 182 Å². The molecule has 0 radical (unpaired) electrons. The number of para-hydroxylation sites is 3. The maximum Gasteiger partial charge on any atom is 0.179 e. The lowest BCUT2D eigenvalue weighted by Crippen LogP contribution is -2.74. The topological polar surface area (TPSA) is 28.7 Å². The van der Waals surface area contributed by atoms with Gasteiger partial charge in [-0.25, -0.2) is 0 Å². The fourth-order valence-electron chi connectivity index (χ4n) is 7.26. The molecule has 0 bridgehead atoms. The van der Waals surface area contributed by atoms with Gasteiger partial charge in [0.15, 0.2) is 8.07 Å². The number of nitriles is 1. The summed E-state index contributed by atoms with van der Waals surface area (Å²) in [7, 11) is -2.73. The molecule has 0 atom stereocenters. The van der Waals surface area contributed by atoms with Gasteiger partial charge in [-0.05, 0) is 44.5 Å². The average molecular weight is 603 g/mol. The molecule has 0 N–H and O–H groups in total. The molecule has 3 heteroatoms. The van der Waals surface area contributed by atoms with Crippen molar-refractivity contribution >= 4 is 50.6 Å². The monoisotopic (exact) mass is 602 g/mol. The quantitative estimate of drug-likeness (QED) is 0.142. The van der Waals surface area contributed by atoms with Crippen molar-refractivity contribution in [3.05, 3.63) is 188 Å². The summed E-state index contributed by atoms with van der Waals surface area (Å²) < 4.78 is 2.28. The van der Waals surface area contributed by atoms with Gasteiger partial charge in [-0.15, -0.1) is 0 Å². The fraction of sp³-hybridized carbons (Fsp3) is 0. The lowest BCUT2D eigenvalue weighted by Gasteiger charge is -2.34. The summed E-state index contributed by atoms with van der Waals surface area (Å²) in [6.07, 6.45) is 0. The van der Waals surface area contributed by atoms with E-state index >= 15 is 0 Å². The van der Waals surface area contributed by atoms with Crippen LogP contribution in [0.2, 0.25) is 0 Å².